The zero-order valence-corrected chi connectivity index (χ0v) is 29.0. The second-order valence-corrected chi connectivity index (χ2v) is 12.0. The molecule has 0 aromatic heterocycles. The molecular formula is C48H46N2. The molecule has 7 rings (SSSR count). The zero-order chi connectivity index (χ0) is 35.0. The third kappa shape index (κ3) is 9.79. The molecule has 0 unspecified atom stereocenters. The van der Waals surface area contributed by atoms with Crippen molar-refractivity contribution in [1.82, 2.24) is 0 Å². The third-order valence-electron chi connectivity index (χ3n) is 8.55. The Bertz CT molecular complexity index is 2100. The van der Waals surface area contributed by atoms with Crippen LogP contribution < -0.4 is 11.5 Å². The van der Waals surface area contributed by atoms with E-state index in [0.717, 1.165) is 35.2 Å². The van der Waals surface area contributed by atoms with E-state index in [1.807, 2.05) is 36.4 Å². The first-order valence-electron chi connectivity index (χ1n) is 17.2. The second-order valence-electron chi connectivity index (χ2n) is 12.0. The van der Waals surface area contributed by atoms with Crippen molar-refractivity contribution >= 4 is 22.0 Å². The van der Waals surface area contributed by atoms with E-state index < -0.39 is 0 Å². The fourth-order valence-corrected chi connectivity index (χ4v) is 5.98. The van der Waals surface area contributed by atoms with Crippen molar-refractivity contribution in [3.05, 3.63) is 228 Å². The Labute approximate surface area is 298 Å². The molecule has 248 valence electrons. The predicted molar refractivity (Wildman–Crippen MR) is 217 cm³/mol. The van der Waals surface area contributed by atoms with Gasteiger partial charge in [0.2, 0.25) is 0 Å². The first kappa shape index (κ1) is 35.3. The molecule has 0 radical (unpaired) electrons. The Morgan fingerprint density at radius 3 is 1.64 bits per heavy atom. The molecule has 0 amide bonds. The van der Waals surface area contributed by atoms with Crippen molar-refractivity contribution in [2.75, 3.05) is 7.05 Å². The minimum absolute atomic E-state index is 0.757. The lowest BCUT2D eigenvalue weighted by Gasteiger charge is -2.14. The molecule has 2 heteroatoms. The van der Waals surface area contributed by atoms with Crippen LogP contribution in [0.1, 0.15) is 33.4 Å². The minimum Gasteiger partial charge on any atom is -0.398 e. The summed E-state index contributed by atoms with van der Waals surface area (Å²) < 4.78 is 0. The monoisotopic (exact) mass is 650 g/mol. The highest BCUT2D eigenvalue weighted by molar-refractivity contribution is 5.92. The van der Waals surface area contributed by atoms with Crippen molar-refractivity contribution in [3.63, 3.8) is 0 Å². The number of rotatable bonds is 8. The summed E-state index contributed by atoms with van der Waals surface area (Å²) in [7, 11) is 1.50. The summed E-state index contributed by atoms with van der Waals surface area (Å²) in [6.07, 6.45) is 6.14. The molecule has 0 bridgehead atoms. The number of allylic oxidation sites excluding steroid dienone is 3. The highest BCUT2D eigenvalue weighted by atomic mass is 14.6. The molecule has 0 heterocycles. The van der Waals surface area contributed by atoms with Gasteiger partial charge in [0.1, 0.15) is 0 Å². The fraction of sp³-hybridized carbons (Fsp3) is 0.0833. The van der Waals surface area contributed by atoms with Crippen LogP contribution in [-0.4, -0.2) is 7.05 Å². The molecule has 0 saturated carbocycles. The van der Waals surface area contributed by atoms with Gasteiger partial charge in [0, 0.05) is 5.70 Å². The van der Waals surface area contributed by atoms with Crippen LogP contribution >= 0.6 is 0 Å². The Morgan fingerprint density at radius 1 is 0.520 bits per heavy atom. The van der Waals surface area contributed by atoms with E-state index in [1.54, 1.807) is 0 Å². The standard InChI is InChI=1S/C40H33N.C7H8.CH5N/c41-40(35-17-8-3-9-18-35)29-36(32-14-6-2-7-15-32)25-27-39-37-19-11-10-16-33(37)24-26-38(39)34-22-20-31(21-23-34)28-30-12-4-1-5-13-30;1-7-5-3-2-4-6-7;1-2/h1-26,29H,27-28,41H2;2-6H,1H3;2H2,1H3/b36-25+,40-29-;;. The smallest absolute Gasteiger partial charge is 0.0393 e. The van der Waals surface area contributed by atoms with E-state index in [1.165, 1.54) is 51.2 Å². The summed E-state index contributed by atoms with van der Waals surface area (Å²) in [6.45, 7) is 2.08. The summed E-state index contributed by atoms with van der Waals surface area (Å²) in [5.74, 6) is 0. The van der Waals surface area contributed by atoms with Crippen LogP contribution in [0.2, 0.25) is 0 Å². The largest absolute Gasteiger partial charge is 0.398 e. The SMILES string of the molecule is CN.Cc1ccccc1.N/C(=C\C(=C/Cc1c(-c2ccc(Cc3ccccc3)cc2)ccc2ccccc12)c1ccccc1)c1ccccc1. The van der Waals surface area contributed by atoms with E-state index in [0.29, 0.717) is 0 Å². The van der Waals surface area contributed by atoms with Crippen molar-refractivity contribution in [2.24, 2.45) is 11.5 Å². The van der Waals surface area contributed by atoms with Crippen molar-refractivity contribution in [1.29, 1.82) is 0 Å². The average molecular weight is 651 g/mol. The van der Waals surface area contributed by atoms with Gasteiger partial charge in [0.25, 0.3) is 0 Å². The Morgan fingerprint density at radius 2 is 1.04 bits per heavy atom. The van der Waals surface area contributed by atoms with Crippen LogP contribution in [0.5, 0.6) is 0 Å². The minimum atomic E-state index is 0.757. The fourth-order valence-electron chi connectivity index (χ4n) is 5.98. The summed E-state index contributed by atoms with van der Waals surface area (Å²) in [5, 5.41) is 2.53. The quantitative estimate of drug-likeness (QED) is 0.161. The Kier molecular flexibility index (Phi) is 13.1. The first-order chi connectivity index (χ1) is 24.6. The molecular weight excluding hydrogens is 605 g/mol. The lowest BCUT2D eigenvalue weighted by molar-refractivity contribution is 1.19. The van der Waals surface area contributed by atoms with Crippen molar-refractivity contribution in [3.8, 4) is 11.1 Å². The van der Waals surface area contributed by atoms with Crippen molar-refractivity contribution < 1.29 is 0 Å². The molecule has 0 aliphatic carbocycles. The number of nitrogens with two attached hydrogens (primary N) is 2. The average Bonchev–Trinajstić information content (AvgIpc) is 3.19. The molecule has 50 heavy (non-hydrogen) atoms. The van der Waals surface area contributed by atoms with Crippen LogP contribution in [0.4, 0.5) is 0 Å². The molecule has 0 spiro atoms. The topological polar surface area (TPSA) is 52.0 Å². The van der Waals surface area contributed by atoms with E-state index in [9.17, 15) is 0 Å². The normalized spacial score (nSPS) is 11.2. The van der Waals surface area contributed by atoms with Gasteiger partial charge in [-0.3, -0.25) is 0 Å². The number of hydrogen-bond acceptors (Lipinski definition) is 2. The Hall–Kier alpha value is -5.96. The van der Waals surface area contributed by atoms with Crippen molar-refractivity contribution in [2.45, 2.75) is 19.8 Å². The second kappa shape index (κ2) is 18.5. The van der Waals surface area contributed by atoms with Gasteiger partial charge in [-0.1, -0.05) is 194 Å². The van der Waals surface area contributed by atoms with Crippen LogP contribution in [-0.2, 0) is 12.8 Å². The van der Waals surface area contributed by atoms with Gasteiger partial charge in [0.05, 0.1) is 0 Å². The van der Waals surface area contributed by atoms with Gasteiger partial charge in [-0.15, -0.1) is 0 Å². The highest BCUT2D eigenvalue weighted by Gasteiger charge is 2.11. The van der Waals surface area contributed by atoms with Gasteiger partial charge in [0.15, 0.2) is 0 Å². The van der Waals surface area contributed by atoms with Gasteiger partial charge < -0.3 is 11.5 Å². The van der Waals surface area contributed by atoms with E-state index in [4.69, 9.17) is 5.73 Å². The molecule has 0 aliphatic rings. The Balaban J connectivity index is 0.000000477. The molecule has 7 aromatic carbocycles. The lowest BCUT2D eigenvalue weighted by Crippen LogP contribution is -1.98. The number of fused-ring (bicyclic) bond motifs is 1. The predicted octanol–water partition coefficient (Wildman–Crippen LogP) is 11.3. The maximum absolute atomic E-state index is 6.60. The zero-order valence-electron chi connectivity index (χ0n) is 29.0. The van der Waals surface area contributed by atoms with Gasteiger partial charge in [-0.25, -0.2) is 0 Å². The summed E-state index contributed by atoms with van der Waals surface area (Å²) in [6, 6.07) is 63.8. The molecule has 0 atom stereocenters. The lowest BCUT2D eigenvalue weighted by atomic mass is 9.90. The van der Waals surface area contributed by atoms with Crippen LogP contribution in [0.3, 0.4) is 0 Å². The molecule has 0 aliphatic heterocycles. The van der Waals surface area contributed by atoms with Gasteiger partial charge >= 0.3 is 0 Å². The summed E-state index contributed by atoms with van der Waals surface area (Å²) >= 11 is 0. The van der Waals surface area contributed by atoms with Crippen LogP contribution in [0.15, 0.2) is 194 Å². The van der Waals surface area contributed by atoms with Crippen LogP contribution in [0, 0.1) is 6.92 Å². The maximum Gasteiger partial charge on any atom is 0.0393 e. The summed E-state index contributed by atoms with van der Waals surface area (Å²) in [4.78, 5) is 0. The van der Waals surface area contributed by atoms with E-state index in [-0.39, 0.29) is 0 Å². The molecule has 0 fully saturated rings. The third-order valence-corrected chi connectivity index (χ3v) is 8.55. The van der Waals surface area contributed by atoms with E-state index in [2.05, 4.69) is 170 Å². The first-order valence-corrected chi connectivity index (χ1v) is 17.2. The molecule has 7 aromatic rings. The molecule has 0 saturated heterocycles. The molecule has 2 nitrogen and oxygen atoms in total. The van der Waals surface area contributed by atoms with E-state index >= 15 is 0 Å². The number of aryl methyl sites for hydroxylation is 1. The molecule has 4 N–H and O–H groups in total. The number of hydrogen-bond donors (Lipinski definition) is 2. The summed E-state index contributed by atoms with van der Waals surface area (Å²) in [5.41, 5.74) is 22.9. The van der Waals surface area contributed by atoms with Gasteiger partial charge in [-0.05, 0) is 88.2 Å². The van der Waals surface area contributed by atoms with Crippen LogP contribution in [0.25, 0.3) is 33.2 Å². The highest BCUT2D eigenvalue weighted by Crippen LogP contribution is 2.33. The van der Waals surface area contributed by atoms with Gasteiger partial charge in [-0.2, -0.15) is 0 Å². The number of benzene rings is 7. The maximum atomic E-state index is 6.60.